The Morgan fingerprint density at radius 3 is 1.35 bits per heavy atom. The van der Waals surface area contributed by atoms with Gasteiger partial charge in [0.2, 0.25) is 0 Å². The second kappa shape index (κ2) is 10.8. The van der Waals surface area contributed by atoms with Gasteiger partial charge in [-0.2, -0.15) is 0 Å². The fraction of sp³-hybridized carbons (Fsp3) is 0. The predicted molar refractivity (Wildman–Crippen MR) is 180 cm³/mol. The third-order valence-electron chi connectivity index (χ3n) is 7.78. The van der Waals surface area contributed by atoms with Crippen molar-refractivity contribution in [2.24, 2.45) is 0 Å². The Morgan fingerprint density at radius 1 is 0.326 bits per heavy atom. The maximum absolute atomic E-state index is 4.87. The molecule has 6 aromatic carbocycles. The molecule has 0 bridgehead atoms. The van der Waals surface area contributed by atoms with E-state index >= 15 is 0 Å². The van der Waals surface area contributed by atoms with Crippen LogP contribution in [0.15, 0.2) is 152 Å². The van der Waals surface area contributed by atoms with Crippen molar-refractivity contribution < 1.29 is 0 Å². The summed E-state index contributed by atoms with van der Waals surface area (Å²) in [4.78, 5) is 14.5. The van der Waals surface area contributed by atoms with Crippen LogP contribution in [0.1, 0.15) is 0 Å². The summed E-state index contributed by atoms with van der Waals surface area (Å²) in [7, 11) is 0. The molecular weight excluding hydrogens is 543 g/mol. The van der Waals surface area contributed by atoms with Crippen LogP contribution in [0.3, 0.4) is 0 Å². The summed E-state index contributed by atoms with van der Waals surface area (Å²) in [5, 5.41) is 2.65. The van der Waals surface area contributed by atoms with Crippen LogP contribution in [-0.4, -0.2) is 15.0 Å². The number of aromatic nitrogens is 3. The third-order valence-corrected chi connectivity index (χ3v) is 9.00. The standard InChI is InChI=1S/C39H25N3S/c1-3-10-29(11-4-1)37-40-38(30-12-5-2-6-13-30)42-39(41-37)31-24-20-27(21-25-31)26-18-22-28(23-19-26)32-15-9-16-34-33-14-7-8-17-35(33)43-36(32)34/h1-25H. The van der Waals surface area contributed by atoms with E-state index in [2.05, 4.69) is 91.0 Å². The number of nitrogens with zero attached hydrogens (tertiary/aromatic N) is 3. The SMILES string of the molecule is c1ccc(-c2nc(-c3ccccc3)nc(-c3ccc(-c4ccc(-c5cccc6c5sc5ccccc56)cc4)cc3)n2)cc1. The van der Waals surface area contributed by atoms with E-state index in [-0.39, 0.29) is 0 Å². The average molecular weight is 568 g/mol. The van der Waals surface area contributed by atoms with Crippen LogP contribution in [0.2, 0.25) is 0 Å². The van der Waals surface area contributed by atoms with E-state index in [1.54, 1.807) is 0 Å². The van der Waals surface area contributed by atoms with Gasteiger partial charge in [0, 0.05) is 36.9 Å². The van der Waals surface area contributed by atoms with Gasteiger partial charge in [0.05, 0.1) is 0 Å². The van der Waals surface area contributed by atoms with E-state index in [0.29, 0.717) is 17.5 Å². The maximum Gasteiger partial charge on any atom is 0.164 e. The minimum absolute atomic E-state index is 0.658. The lowest BCUT2D eigenvalue weighted by molar-refractivity contribution is 1.07. The molecule has 8 rings (SSSR count). The van der Waals surface area contributed by atoms with Gasteiger partial charge in [-0.3, -0.25) is 0 Å². The normalized spacial score (nSPS) is 11.3. The molecule has 0 N–H and O–H groups in total. The molecule has 0 saturated carbocycles. The highest BCUT2D eigenvalue weighted by Crippen LogP contribution is 2.40. The largest absolute Gasteiger partial charge is 0.208 e. The monoisotopic (exact) mass is 567 g/mol. The number of rotatable bonds is 5. The smallest absolute Gasteiger partial charge is 0.164 e. The maximum atomic E-state index is 4.87. The second-order valence-electron chi connectivity index (χ2n) is 10.5. The zero-order valence-electron chi connectivity index (χ0n) is 23.2. The molecule has 0 fully saturated rings. The first kappa shape index (κ1) is 25.3. The first-order valence-electron chi connectivity index (χ1n) is 14.3. The van der Waals surface area contributed by atoms with Crippen LogP contribution in [-0.2, 0) is 0 Å². The minimum Gasteiger partial charge on any atom is -0.208 e. The number of fused-ring (bicyclic) bond motifs is 3. The zero-order valence-corrected chi connectivity index (χ0v) is 24.0. The minimum atomic E-state index is 0.658. The molecule has 3 nitrogen and oxygen atoms in total. The molecule has 8 aromatic rings. The van der Waals surface area contributed by atoms with E-state index in [1.807, 2.05) is 72.0 Å². The number of benzene rings is 6. The van der Waals surface area contributed by atoms with Crippen molar-refractivity contribution in [2.75, 3.05) is 0 Å². The van der Waals surface area contributed by atoms with E-state index in [4.69, 9.17) is 15.0 Å². The van der Waals surface area contributed by atoms with E-state index in [9.17, 15) is 0 Å². The Balaban J connectivity index is 1.13. The van der Waals surface area contributed by atoms with E-state index < -0.39 is 0 Å². The van der Waals surface area contributed by atoms with Crippen molar-refractivity contribution in [1.29, 1.82) is 0 Å². The Labute approximate surface area is 253 Å². The Bertz CT molecular complexity index is 2150. The molecule has 0 radical (unpaired) electrons. The highest BCUT2D eigenvalue weighted by molar-refractivity contribution is 7.26. The van der Waals surface area contributed by atoms with Crippen LogP contribution in [0, 0.1) is 0 Å². The van der Waals surface area contributed by atoms with Crippen LogP contribution >= 0.6 is 11.3 Å². The van der Waals surface area contributed by atoms with E-state index in [1.165, 1.54) is 36.9 Å². The molecule has 0 unspecified atom stereocenters. The number of hydrogen-bond donors (Lipinski definition) is 0. The fourth-order valence-electron chi connectivity index (χ4n) is 5.57. The summed E-state index contributed by atoms with van der Waals surface area (Å²) >= 11 is 1.87. The fourth-order valence-corrected chi connectivity index (χ4v) is 6.80. The molecule has 0 saturated heterocycles. The molecule has 2 aromatic heterocycles. The van der Waals surface area contributed by atoms with Gasteiger partial charge in [0.15, 0.2) is 17.5 Å². The zero-order chi connectivity index (χ0) is 28.6. The molecule has 0 aliphatic carbocycles. The molecule has 0 atom stereocenters. The summed E-state index contributed by atoms with van der Waals surface area (Å²) in [6.07, 6.45) is 0. The van der Waals surface area contributed by atoms with Gasteiger partial charge in [-0.1, -0.05) is 146 Å². The first-order valence-corrected chi connectivity index (χ1v) is 15.1. The third kappa shape index (κ3) is 4.78. The summed E-state index contributed by atoms with van der Waals surface area (Å²) in [6, 6.07) is 52.8. The molecule has 2 heterocycles. The predicted octanol–water partition coefficient (Wildman–Crippen LogP) is 10.6. The summed E-state index contributed by atoms with van der Waals surface area (Å²) in [6.45, 7) is 0. The molecule has 0 aliphatic rings. The van der Waals surface area contributed by atoms with Crippen LogP contribution in [0.25, 0.3) is 76.6 Å². The van der Waals surface area contributed by atoms with Gasteiger partial charge < -0.3 is 0 Å². The molecule has 0 spiro atoms. The lowest BCUT2D eigenvalue weighted by Crippen LogP contribution is -2.00. The molecule has 0 amide bonds. The molecule has 4 heteroatoms. The summed E-state index contributed by atoms with van der Waals surface area (Å²) in [5.74, 6) is 1.99. The average Bonchev–Trinajstić information content (AvgIpc) is 3.48. The van der Waals surface area contributed by atoms with Gasteiger partial charge in [-0.15, -0.1) is 11.3 Å². The number of thiophene rings is 1. The highest BCUT2D eigenvalue weighted by Gasteiger charge is 2.13. The Morgan fingerprint density at radius 2 is 0.767 bits per heavy atom. The van der Waals surface area contributed by atoms with Crippen molar-refractivity contribution in [1.82, 2.24) is 15.0 Å². The topological polar surface area (TPSA) is 38.7 Å². The van der Waals surface area contributed by atoms with Crippen molar-refractivity contribution >= 4 is 31.5 Å². The quantitative estimate of drug-likeness (QED) is 0.208. The van der Waals surface area contributed by atoms with Gasteiger partial charge >= 0.3 is 0 Å². The summed E-state index contributed by atoms with van der Waals surface area (Å²) < 4.78 is 2.66. The van der Waals surface area contributed by atoms with Crippen molar-refractivity contribution in [3.05, 3.63) is 152 Å². The van der Waals surface area contributed by atoms with E-state index in [0.717, 1.165) is 22.3 Å². The van der Waals surface area contributed by atoms with Crippen molar-refractivity contribution in [3.8, 4) is 56.4 Å². The van der Waals surface area contributed by atoms with Crippen LogP contribution < -0.4 is 0 Å². The van der Waals surface area contributed by atoms with Gasteiger partial charge in [-0.05, 0) is 28.3 Å². The molecule has 202 valence electrons. The summed E-state index contributed by atoms with van der Waals surface area (Å²) in [5.41, 5.74) is 7.70. The Hall–Kier alpha value is -5.45. The molecule has 43 heavy (non-hydrogen) atoms. The van der Waals surface area contributed by atoms with Gasteiger partial charge in [0.1, 0.15) is 0 Å². The van der Waals surface area contributed by atoms with Crippen molar-refractivity contribution in [3.63, 3.8) is 0 Å². The first-order chi connectivity index (χ1) is 21.3. The lowest BCUT2D eigenvalue weighted by atomic mass is 9.98. The lowest BCUT2D eigenvalue weighted by Gasteiger charge is -2.09. The molecular formula is C39H25N3S. The van der Waals surface area contributed by atoms with Gasteiger partial charge in [-0.25, -0.2) is 15.0 Å². The number of hydrogen-bond acceptors (Lipinski definition) is 4. The molecule has 0 aliphatic heterocycles. The van der Waals surface area contributed by atoms with Gasteiger partial charge in [0.25, 0.3) is 0 Å². The van der Waals surface area contributed by atoms with Crippen molar-refractivity contribution in [2.45, 2.75) is 0 Å². The van der Waals surface area contributed by atoms with Crippen LogP contribution in [0.4, 0.5) is 0 Å². The Kier molecular flexibility index (Phi) is 6.32. The highest BCUT2D eigenvalue weighted by atomic mass is 32.1. The van der Waals surface area contributed by atoms with Crippen LogP contribution in [0.5, 0.6) is 0 Å². The second-order valence-corrected chi connectivity index (χ2v) is 11.5.